The summed E-state index contributed by atoms with van der Waals surface area (Å²) in [5.74, 6) is -0.427. The van der Waals surface area contributed by atoms with Gasteiger partial charge in [0.05, 0.1) is 6.54 Å². The highest BCUT2D eigenvalue weighted by molar-refractivity contribution is 5.99. The van der Waals surface area contributed by atoms with E-state index in [-0.39, 0.29) is 24.4 Å². The topological polar surface area (TPSA) is 58.2 Å². The van der Waals surface area contributed by atoms with Gasteiger partial charge < -0.3 is 10.6 Å². The molecule has 0 aromatic heterocycles. The van der Waals surface area contributed by atoms with Crippen LogP contribution in [0.25, 0.3) is 10.8 Å². The number of hydrogen-bond donors (Lipinski definition) is 2. The maximum absolute atomic E-state index is 12.0. The van der Waals surface area contributed by atoms with Crippen LogP contribution in [0.3, 0.4) is 0 Å². The Morgan fingerprint density at radius 2 is 1.75 bits per heavy atom. The molecule has 4 nitrogen and oxygen atoms in total. The second kappa shape index (κ2) is 6.19. The van der Waals surface area contributed by atoms with Gasteiger partial charge in [0.15, 0.2) is 0 Å². The quantitative estimate of drug-likeness (QED) is 0.893. The van der Waals surface area contributed by atoms with Gasteiger partial charge in [-0.2, -0.15) is 0 Å². The molecule has 0 saturated heterocycles. The molecule has 0 aliphatic rings. The van der Waals surface area contributed by atoms with Gasteiger partial charge in [0.25, 0.3) is 5.91 Å². The molecule has 0 aliphatic heterocycles. The summed E-state index contributed by atoms with van der Waals surface area (Å²) in [6.45, 7) is 3.75. The molecule has 0 heterocycles. The number of carbonyl (C=O) groups excluding carboxylic acids is 2. The number of rotatable bonds is 4. The van der Waals surface area contributed by atoms with Gasteiger partial charge >= 0.3 is 0 Å². The standard InChI is InChI=1S/C16H18N2O2/c1-11(2)18-15(19)10-17-16(20)14-8-7-12-5-3-4-6-13(12)9-14/h3-9,11H,10H2,1-2H3,(H,17,20)(H,18,19). The second-order valence-electron chi connectivity index (χ2n) is 4.97. The summed E-state index contributed by atoms with van der Waals surface area (Å²) in [6, 6.07) is 13.4. The average Bonchev–Trinajstić information content (AvgIpc) is 2.43. The van der Waals surface area contributed by atoms with E-state index < -0.39 is 0 Å². The molecule has 2 aromatic rings. The number of benzene rings is 2. The van der Waals surface area contributed by atoms with Crippen LogP contribution >= 0.6 is 0 Å². The van der Waals surface area contributed by atoms with E-state index in [1.165, 1.54) is 0 Å². The first-order valence-corrected chi connectivity index (χ1v) is 6.62. The second-order valence-corrected chi connectivity index (χ2v) is 4.97. The number of nitrogens with one attached hydrogen (secondary N) is 2. The first kappa shape index (κ1) is 14.1. The van der Waals surface area contributed by atoms with Crippen LogP contribution in [0, 0.1) is 0 Å². The summed E-state index contributed by atoms with van der Waals surface area (Å²) in [6.07, 6.45) is 0. The lowest BCUT2D eigenvalue weighted by atomic mass is 10.1. The van der Waals surface area contributed by atoms with Crippen LogP contribution in [0.2, 0.25) is 0 Å². The van der Waals surface area contributed by atoms with E-state index in [9.17, 15) is 9.59 Å². The van der Waals surface area contributed by atoms with Crippen LogP contribution in [-0.2, 0) is 4.79 Å². The Balaban J connectivity index is 2.02. The molecule has 0 saturated carbocycles. The lowest BCUT2D eigenvalue weighted by molar-refractivity contribution is -0.120. The maximum Gasteiger partial charge on any atom is 0.251 e. The summed E-state index contributed by atoms with van der Waals surface area (Å²) in [7, 11) is 0. The molecule has 0 atom stereocenters. The third-order valence-corrected chi connectivity index (χ3v) is 2.87. The van der Waals surface area contributed by atoms with Crippen molar-refractivity contribution in [1.82, 2.24) is 10.6 Å². The van der Waals surface area contributed by atoms with Crippen LogP contribution in [0.1, 0.15) is 24.2 Å². The lowest BCUT2D eigenvalue weighted by Gasteiger charge is -2.09. The Labute approximate surface area is 118 Å². The molecule has 0 unspecified atom stereocenters. The minimum Gasteiger partial charge on any atom is -0.352 e. The fourth-order valence-electron chi connectivity index (χ4n) is 1.97. The van der Waals surface area contributed by atoms with Crippen LogP contribution in [-0.4, -0.2) is 24.4 Å². The summed E-state index contributed by atoms with van der Waals surface area (Å²) >= 11 is 0. The molecule has 4 heteroatoms. The van der Waals surface area contributed by atoms with Crippen LogP contribution in [0.4, 0.5) is 0 Å². The molecule has 0 fully saturated rings. The van der Waals surface area contributed by atoms with E-state index >= 15 is 0 Å². The molecule has 2 aromatic carbocycles. The van der Waals surface area contributed by atoms with Crippen molar-refractivity contribution in [3.63, 3.8) is 0 Å². The normalized spacial score (nSPS) is 10.6. The molecule has 0 radical (unpaired) electrons. The van der Waals surface area contributed by atoms with E-state index in [1.807, 2.05) is 50.2 Å². The number of amides is 2. The molecule has 0 aliphatic carbocycles. The highest BCUT2D eigenvalue weighted by Gasteiger charge is 2.09. The summed E-state index contributed by atoms with van der Waals surface area (Å²) in [4.78, 5) is 23.5. The van der Waals surface area contributed by atoms with Gasteiger partial charge in [-0.25, -0.2) is 0 Å². The number of hydrogen-bond acceptors (Lipinski definition) is 2. The van der Waals surface area contributed by atoms with Gasteiger partial charge in [0.2, 0.25) is 5.91 Å². The highest BCUT2D eigenvalue weighted by atomic mass is 16.2. The van der Waals surface area contributed by atoms with E-state index in [4.69, 9.17) is 0 Å². The first-order chi connectivity index (χ1) is 9.56. The smallest absolute Gasteiger partial charge is 0.251 e. The molecule has 104 valence electrons. The van der Waals surface area contributed by atoms with Gasteiger partial charge in [-0.3, -0.25) is 9.59 Å². The third-order valence-electron chi connectivity index (χ3n) is 2.87. The summed E-state index contributed by atoms with van der Waals surface area (Å²) in [5, 5.41) is 7.43. The van der Waals surface area contributed by atoms with Crippen LogP contribution < -0.4 is 10.6 Å². The fraction of sp³-hybridized carbons (Fsp3) is 0.250. The van der Waals surface area contributed by atoms with Crippen molar-refractivity contribution >= 4 is 22.6 Å². The van der Waals surface area contributed by atoms with E-state index in [0.717, 1.165) is 10.8 Å². The van der Waals surface area contributed by atoms with Crippen molar-refractivity contribution in [3.8, 4) is 0 Å². The van der Waals surface area contributed by atoms with Gasteiger partial charge in [-0.05, 0) is 36.8 Å². The van der Waals surface area contributed by atoms with Crippen molar-refractivity contribution in [1.29, 1.82) is 0 Å². The van der Waals surface area contributed by atoms with Crippen LogP contribution in [0.5, 0.6) is 0 Å². The minimum atomic E-state index is -0.241. The molecular formula is C16H18N2O2. The maximum atomic E-state index is 12.0. The first-order valence-electron chi connectivity index (χ1n) is 6.62. The van der Waals surface area contributed by atoms with Crippen LogP contribution in [0.15, 0.2) is 42.5 Å². The molecule has 0 spiro atoms. The zero-order valence-electron chi connectivity index (χ0n) is 11.6. The summed E-state index contributed by atoms with van der Waals surface area (Å²) in [5.41, 5.74) is 0.557. The highest BCUT2D eigenvalue weighted by Crippen LogP contribution is 2.15. The molecule has 0 bridgehead atoms. The molecule has 20 heavy (non-hydrogen) atoms. The average molecular weight is 270 g/mol. The Hall–Kier alpha value is -2.36. The predicted molar refractivity (Wildman–Crippen MR) is 79.6 cm³/mol. The van der Waals surface area contributed by atoms with E-state index in [0.29, 0.717) is 5.56 Å². The van der Waals surface area contributed by atoms with E-state index in [1.54, 1.807) is 6.07 Å². The fourth-order valence-corrected chi connectivity index (χ4v) is 1.97. The van der Waals surface area contributed by atoms with Crippen molar-refractivity contribution < 1.29 is 9.59 Å². The Morgan fingerprint density at radius 1 is 1.05 bits per heavy atom. The molecular weight excluding hydrogens is 252 g/mol. The summed E-state index contributed by atoms with van der Waals surface area (Å²) < 4.78 is 0. The van der Waals surface area contributed by atoms with Crippen molar-refractivity contribution in [2.45, 2.75) is 19.9 Å². The minimum absolute atomic E-state index is 0.0101. The van der Waals surface area contributed by atoms with Crippen molar-refractivity contribution in [3.05, 3.63) is 48.0 Å². The molecule has 2 amide bonds. The van der Waals surface area contributed by atoms with Gasteiger partial charge in [-0.1, -0.05) is 30.3 Å². The zero-order valence-corrected chi connectivity index (χ0v) is 11.6. The lowest BCUT2D eigenvalue weighted by Crippen LogP contribution is -2.39. The largest absolute Gasteiger partial charge is 0.352 e. The molecule has 2 rings (SSSR count). The van der Waals surface area contributed by atoms with Crippen molar-refractivity contribution in [2.75, 3.05) is 6.54 Å². The van der Waals surface area contributed by atoms with Gasteiger partial charge in [-0.15, -0.1) is 0 Å². The Kier molecular flexibility index (Phi) is 4.35. The van der Waals surface area contributed by atoms with Crippen molar-refractivity contribution in [2.24, 2.45) is 0 Å². The third kappa shape index (κ3) is 3.57. The molecule has 2 N–H and O–H groups in total. The van der Waals surface area contributed by atoms with E-state index in [2.05, 4.69) is 10.6 Å². The van der Waals surface area contributed by atoms with Gasteiger partial charge in [0, 0.05) is 11.6 Å². The number of fused-ring (bicyclic) bond motifs is 1. The SMILES string of the molecule is CC(C)NC(=O)CNC(=O)c1ccc2ccccc2c1. The Bertz CT molecular complexity index is 635. The number of carbonyl (C=O) groups is 2. The zero-order chi connectivity index (χ0) is 14.5. The Morgan fingerprint density at radius 3 is 2.45 bits per heavy atom. The van der Waals surface area contributed by atoms with Gasteiger partial charge in [0.1, 0.15) is 0 Å². The monoisotopic (exact) mass is 270 g/mol. The predicted octanol–water partition coefficient (Wildman–Crippen LogP) is 2.09.